The van der Waals surface area contributed by atoms with Crippen LogP contribution in [0.3, 0.4) is 0 Å². The van der Waals surface area contributed by atoms with Crippen LogP contribution in [-0.2, 0) is 4.43 Å². The second-order valence-electron chi connectivity index (χ2n) is 7.81. The maximum absolute atomic E-state index is 6.55. The Labute approximate surface area is 115 Å². The fourth-order valence-corrected chi connectivity index (χ4v) is 3.39. The van der Waals surface area contributed by atoms with Gasteiger partial charge in [-0.25, -0.2) is 0 Å². The van der Waals surface area contributed by atoms with Gasteiger partial charge in [-0.3, -0.25) is 0 Å². The van der Waals surface area contributed by atoms with Crippen molar-refractivity contribution < 1.29 is 4.43 Å². The van der Waals surface area contributed by atoms with Crippen molar-refractivity contribution in [3.63, 3.8) is 0 Å². The summed E-state index contributed by atoms with van der Waals surface area (Å²) < 4.78 is 6.55. The Morgan fingerprint density at radius 2 is 1.78 bits per heavy atom. The molecule has 0 radical (unpaired) electrons. The van der Waals surface area contributed by atoms with Gasteiger partial charge in [0.1, 0.15) is 0 Å². The molecule has 0 aliphatic heterocycles. The molecule has 0 heterocycles. The summed E-state index contributed by atoms with van der Waals surface area (Å²) in [5, 5.41) is 0.297. The van der Waals surface area contributed by atoms with E-state index in [-0.39, 0.29) is 0 Å². The molecule has 0 aromatic carbocycles. The van der Waals surface area contributed by atoms with E-state index in [1.807, 2.05) is 0 Å². The molecule has 1 aliphatic rings. The molecule has 0 bridgehead atoms. The highest BCUT2D eigenvalue weighted by molar-refractivity contribution is 6.74. The standard InChI is InChI=1S/C16H32OSi/c1-12(2)14-10-9-13(3)15(11-14)17-18(7,8)16(4,5)6/h12,14H,9-11H2,1-8H3/t14-/m1/s1. The Bertz CT molecular complexity index is 320. The second-order valence-corrected chi connectivity index (χ2v) is 12.5. The van der Waals surface area contributed by atoms with E-state index in [1.165, 1.54) is 24.2 Å². The molecule has 0 aromatic heterocycles. The Balaban J connectivity index is 2.83. The molecule has 1 nitrogen and oxygen atoms in total. The average molecular weight is 269 g/mol. The van der Waals surface area contributed by atoms with Crippen molar-refractivity contribution in [1.29, 1.82) is 0 Å². The number of hydrogen-bond acceptors (Lipinski definition) is 1. The lowest BCUT2D eigenvalue weighted by atomic mass is 9.82. The van der Waals surface area contributed by atoms with Crippen molar-refractivity contribution in [3.05, 3.63) is 11.3 Å². The maximum atomic E-state index is 6.55. The fourth-order valence-electron chi connectivity index (χ4n) is 2.21. The van der Waals surface area contributed by atoms with Crippen molar-refractivity contribution in [2.75, 3.05) is 0 Å². The van der Waals surface area contributed by atoms with Crippen LogP contribution in [0.1, 0.15) is 60.8 Å². The maximum Gasteiger partial charge on any atom is 0.250 e. The van der Waals surface area contributed by atoms with Gasteiger partial charge in [0.25, 0.3) is 0 Å². The van der Waals surface area contributed by atoms with E-state index in [1.54, 1.807) is 0 Å². The first-order valence-corrected chi connectivity index (χ1v) is 10.3. The minimum atomic E-state index is -1.66. The molecule has 18 heavy (non-hydrogen) atoms. The van der Waals surface area contributed by atoms with Gasteiger partial charge in [-0.1, -0.05) is 34.6 Å². The quantitative estimate of drug-likeness (QED) is 0.593. The predicted octanol–water partition coefficient (Wildman–Crippen LogP) is 5.74. The van der Waals surface area contributed by atoms with Gasteiger partial charge >= 0.3 is 0 Å². The van der Waals surface area contributed by atoms with E-state index < -0.39 is 8.32 Å². The Hall–Kier alpha value is -0.243. The zero-order valence-electron chi connectivity index (χ0n) is 13.7. The molecule has 0 unspecified atom stereocenters. The monoisotopic (exact) mass is 268 g/mol. The van der Waals surface area contributed by atoms with Crippen LogP contribution in [0.2, 0.25) is 18.1 Å². The molecule has 106 valence electrons. The van der Waals surface area contributed by atoms with E-state index in [4.69, 9.17) is 4.43 Å². The molecular weight excluding hydrogens is 236 g/mol. The molecule has 0 saturated heterocycles. The Morgan fingerprint density at radius 1 is 1.22 bits per heavy atom. The van der Waals surface area contributed by atoms with Crippen molar-refractivity contribution in [3.8, 4) is 0 Å². The number of hydrogen-bond donors (Lipinski definition) is 0. The van der Waals surface area contributed by atoms with Crippen LogP contribution < -0.4 is 0 Å². The molecular formula is C16H32OSi. The molecule has 0 spiro atoms. The fraction of sp³-hybridized carbons (Fsp3) is 0.875. The Morgan fingerprint density at radius 3 is 2.22 bits per heavy atom. The predicted molar refractivity (Wildman–Crippen MR) is 83.2 cm³/mol. The molecule has 0 N–H and O–H groups in total. The van der Waals surface area contributed by atoms with Crippen molar-refractivity contribution >= 4 is 8.32 Å². The normalized spacial score (nSPS) is 22.6. The van der Waals surface area contributed by atoms with E-state index in [9.17, 15) is 0 Å². The summed E-state index contributed by atoms with van der Waals surface area (Å²) in [5.74, 6) is 2.91. The lowest BCUT2D eigenvalue weighted by molar-refractivity contribution is 0.265. The van der Waals surface area contributed by atoms with E-state index in [0.717, 1.165) is 18.3 Å². The summed E-state index contributed by atoms with van der Waals surface area (Å²) in [5.41, 5.74) is 1.50. The van der Waals surface area contributed by atoms with Gasteiger partial charge < -0.3 is 4.43 Å². The van der Waals surface area contributed by atoms with Crippen LogP contribution in [0, 0.1) is 11.8 Å². The molecule has 0 amide bonds. The average Bonchev–Trinajstić information content (AvgIpc) is 2.18. The zero-order chi connectivity index (χ0) is 14.1. The highest BCUT2D eigenvalue weighted by Gasteiger charge is 2.40. The highest BCUT2D eigenvalue weighted by Crippen LogP contribution is 2.42. The van der Waals surface area contributed by atoms with Gasteiger partial charge in [0, 0.05) is 6.42 Å². The smallest absolute Gasteiger partial charge is 0.250 e. The lowest BCUT2D eigenvalue weighted by Crippen LogP contribution is -2.41. The highest BCUT2D eigenvalue weighted by atomic mass is 28.4. The van der Waals surface area contributed by atoms with Crippen molar-refractivity contribution in [2.45, 2.75) is 78.9 Å². The summed E-state index contributed by atoms with van der Waals surface area (Å²) in [4.78, 5) is 0. The van der Waals surface area contributed by atoms with E-state index >= 15 is 0 Å². The first-order valence-electron chi connectivity index (χ1n) is 7.42. The molecule has 0 aromatic rings. The van der Waals surface area contributed by atoms with Gasteiger partial charge in [-0.05, 0) is 55.3 Å². The SMILES string of the molecule is CC1=C(O[Si](C)(C)C(C)(C)C)C[C@H](C(C)C)CC1. The molecule has 1 atom stereocenters. The topological polar surface area (TPSA) is 9.23 Å². The van der Waals surface area contributed by atoms with Crippen LogP contribution in [0.4, 0.5) is 0 Å². The van der Waals surface area contributed by atoms with E-state index in [2.05, 4.69) is 54.6 Å². The first kappa shape index (κ1) is 15.8. The van der Waals surface area contributed by atoms with E-state index in [0.29, 0.717) is 5.04 Å². The summed E-state index contributed by atoms with van der Waals surface area (Å²) in [7, 11) is -1.66. The first-order chi connectivity index (χ1) is 8.04. The molecule has 2 heteroatoms. The molecule has 0 fully saturated rings. The number of rotatable bonds is 3. The van der Waals surface area contributed by atoms with Crippen molar-refractivity contribution in [2.24, 2.45) is 11.8 Å². The van der Waals surface area contributed by atoms with Gasteiger partial charge in [0.15, 0.2) is 0 Å². The molecule has 1 aliphatic carbocycles. The third-order valence-corrected chi connectivity index (χ3v) is 9.31. The zero-order valence-corrected chi connectivity index (χ0v) is 14.7. The van der Waals surface area contributed by atoms with Crippen LogP contribution in [0.25, 0.3) is 0 Å². The summed E-state index contributed by atoms with van der Waals surface area (Å²) in [6.07, 6.45) is 3.73. The molecule has 0 saturated carbocycles. The van der Waals surface area contributed by atoms with Gasteiger partial charge in [-0.15, -0.1) is 0 Å². The Kier molecular flexibility index (Phi) is 4.74. The van der Waals surface area contributed by atoms with Crippen LogP contribution in [0.5, 0.6) is 0 Å². The largest absolute Gasteiger partial charge is 0.547 e. The minimum absolute atomic E-state index is 0.297. The minimum Gasteiger partial charge on any atom is -0.547 e. The summed E-state index contributed by atoms with van der Waals surface area (Å²) in [6.45, 7) is 18.6. The van der Waals surface area contributed by atoms with Crippen LogP contribution in [0.15, 0.2) is 11.3 Å². The van der Waals surface area contributed by atoms with Crippen molar-refractivity contribution in [1.82, 2.24) is 0 Å². The number of allylic oxidation sites excluding steroid dienone is 2. The van der Waals surface area contributed by atoms with Gasteiger partial charge in [0.2, 0.25) is 8.32 Å². The summed E-state index contributed by atoms with van der Waals surface area (Å²) >= 11 is 0. The second kappa shape index (κ2) is 5.40. The third kappa shape index (κ3) is 3.63. The van der Waals surface area contributed by atoms with Crippen LogP contribution in [-0.4, -0.2) is 8.32 Å². The van der Waals surface area contributed by atoms with Crippen LogP contribution >= 0.6 is 0 Å². The summed E-state index contributed by atoms with van der Waals surface area (Å²) in [6, 6.07) is 0. The third-order valence-electron chi connectivity index (χ3n) is 4.94. The molecule has 1 rings (SSSR count). The van der Waals surface area contributed by atoms with Gasteiger partial charge in [0.05, 0.1) is 5.76 Å². The lowest BCUT2D eigenvalue weighted by Gasteiger charge is -2.40. The van der Waals surface area contributed by atoms with Gasteiger partial charge in [-0.2, -0.15) is 0 Å².